The van der Waals surface area contributed by atoms with Gasteiger partial charge in [0.25, 0.3) is 0 Å². The zero-order chi connectivity index (χ0) is 18.1. The molecule has 1 aliphatic heterocycles. The number of fused-ring (bicyclic) bond motifs is 1. The number of aromatic nitrogens is 2. The molecule has 1 unspecified atom stereocenters. The van der Waals surface area contributed by atoms with Crippen LogP contribution in [0.25, 0.3) is 11.0 Å². The fraction of sp³-hybridized carbons (Fsp3) is 0.368. The number of aromatic amines is 1. The highest BCUT2D eigenvalue weighted by Crippen LogP contribution is 2.31. The van der Waals surface area contributed by atoms with Gasteiger partial charge >= 0.3 is 0 Å². The summed E-state index contributed by atoms with van der Waals surface area (Å²) in [7, 11) is 1.44. The standard InChI is InChI=1S/C19H20FN3O3/c1-25-18-11-26-13(9-17(18)24)10-23-7-3-2-4-16(23)19-21-14-6-5-12(20)8-15(14)22-19/h5-6,8-9,11,16H,2-4,7,10H2,1H3,(H,21,22). The third-order valence-corrected chi connectivity index (χ3v) is 4.82. The van der Waals surface area contributed by atoms with Gasteiger partial charge in [-0.15, -0.1) is 0 Å². The molecule has 26 heavy (non-hydrogen) atoms. The Hall–Kier alpha value is -2.67. The summed E-state index contributed by atoms with van der Waals surface area (Å²) < 4.78 is 23.9. The molecule has 0 aliphatic carbocycles. The number of ether oxygens (including phenoxy) is 1. The number of hydrogen-bond acceptors (Lipinski definition) is 5. The lowest BCUT2D eigenvalue weighted by Crippen LogP contribution is -2.33. The number of methoxy groups -OCH3 is 1. The molecule has 4 rings (SSSR count). The largest absolute Gasteiger partial charge is 0.490 e. The van der Waals surface area contributed by atoms with Crippen LogP contribution in [0.2, 0.25) is 0 Å². The van der Waals surface area contributed by atoms with Crippen LogP contribution < -0.4 is 10.2 Å². The van der Waals surface area contributed by atoms with E-state index in [1.54, 1.807) is 6.07 Å². The van der Waals surface area contributed by atoms with E-state index < -0.39 is 0 Å². The van der Waals surface area contributed by atoms with Crippen LogP contribution in [0.15, 0.2) is 39.7 Å². The van der Waals surface area contributed by atoms with E-state index in [-0.39, 0.29) is 23.0 Å². The minimum atomic E-state index is -0.284. The van der Waals surface area contributed by atoms with E-state index in [1.807, 2.05) is 0 Å². The first-order valence-corrected chi connectivity index (χ1v) is 8.69. The van der Waals surface area contributed by atoms with E-state index in [2.05, 4.69) is 14.9 Å². The summed E-state index contributed by atoms with van der Waals surface area (Å²) in [4.78, 5) is 22.1. The molecule has 1 atom stereocenters. The molecule has 7 heteroatoms. The van der Waals surface area contributed by atoms with Gasteiger partial charge in [0.2, 0.25) is 11.2 Å². The smallest absolute Gasteiger partial charge is 0.227 e. The zero-order valence-electron chi connectivity index (χ0n) is 14.5. The van der Waals surface area contributed by atoms with Crippen molar-refractivity contribution in [2.45, 2.75) is 31.8 Å². The SMILES string of the molecule is COc1coc(CN2CCCCC2c2nc3ccc(F)cc3[nH]2)cc1=O. The quantitative estimate of drug-likeness (QED) is 0.775. The van der Waals surface area contributed by atoms with Crippen molar-refractivity contribution in [3.63, 3.8) is 0 Å². The van der Waals surface area contributed by atoms with Gasteiger partial charge in [0.15, 0.2) is 0 Å². The number of H-pyrrole nitrogens is 1. The van der Waals surface area contributed by atoms with Crippen LogP contribution in [-0.2, 0) is 6.54 Å². The van der Waals surface area contributed by atoms with Crippen molar-refractivity contribution in [3.8, 4) is 5.75 Å². The maximum atomic E-state index is 13.4. The van der Waals surface area contributed by atoms with Gasteiger partial charge in [0.1, 0.15) is 23.7 Å². The van der Waals surface area contributed by atoms with Crippen molar-refractivity contribution in [1.29, 1.82) is 0 Å². The second-order valence-electron chi connectivity index (χ2n) is 6.54. The first-order chi connectivity index (χ1) is 12.6. The van der Waals surface area contributed by atoms with Gasteiger partial charge in [0, 0.05) is 6.07 Å². The Labute approximate surface area is 149 Å². The predicted octanol–water partition coefficient (Wildman–Crippen LogP) is 3.39. The molecular weight excluding hydrogens is 337 g/mol. The summed E-state index contributed by atoms with van der Waals surface area (Å²) in [5.41, 5.74) is 1.26. The Balaban J connectivity index is 1.61. The van der Waals surface area contributed by atoms with E-state index in [1.165, 1.54) is 31.6 Å². The van der Waals surface area contributed by atoms with E-state index in [0.717, 1.165) is 37.1 Å². The lowest BCUT2D eigenvalue weighted by molar-refractivity contribution is 0.123. The highest BCUT2D eigenvalue weighted by Gasteiger charge is 2.27. The normalized spacial score (nSPS) is 18.3. The Morgan fingerprint density at radius 3 is 3.08 bits per heavy atom. The first-order valence-electron chi connectivity index (χ1n) is 8.69. The summed E-state index contributed by atoms with van der Waals surface area (Å²) in [5.74, 6) is 1.32. The molecule has 3 aromatic rings. The van der Waals surface area contributed by atoms with Gasteiger partial charge in [-0.05, 0) is 37.6 Å². The average molecular weight is 357 g/mol. The maximum Gasteiger partial charge on any atom is 0.227 e. The third-order valence-electron chi connectivity index (χ3n) is 4.82. The fourth-order valence-corrected chi connectivity index (χ4v) is 3.52. The Morgan fingerprint density at radius 1 is 1.38 bits per heavy atom. The van der Waals surface area contributed by atoms with Gasteiger partial charge in [-0.1, -0.05) is 6.42 Å². The third kappa shape index (κ3) is 3.22. The summed E-state index contributed by atoms with van der Waals surface area (Å²) in [6.45, 7) is 1.39. The Bertz CT molecular complexity index is 982. The van der Waals surface area contributed by atoms with E-state index in [0.29, 0.717) is 17.8 Å². The second-order valence-corrected chi connectivity index (χ2v) is 6.54. The number of rotatable bonds is 4. The summed E-state index contributed by atoms with van der Waals surface area (Å²) in [6.07, 6.45) is 4.47. The molecule has 0 amide bonds. The minimum absolute atomic E-state index is 0.0756. The zero-order valence-corrected chi connectivity index (χ0v) is 14.5. The molecule has 1 N–H and O–H groups in total. The van der Waals surface area contributed by atoms with Crippen LogP contribution in [0.3, 0.4) is 0 Å². The van der Waals surface area contributed by atoms with Crippen LogP contribution in [0, 0.1) is 5.82 Å². The average Bonchev–Trinajstić information content (AvgIpc) is 3.05. The van der Waals surface area contributed by atoms with Gasteiger partial charge in [0.05, 0.1) is 30.7 Å². The van der Waals surface area contributed by atoms with Crippen molar-refractivity contribution in [2.75, 3.05) is 13.7 Å². The van der Waals surface area contributed by atoms with Crippen molar-refractivity contribution >= 4 is 11.0 Å². The van der Waals surface area contributed by atoms with Crippen molar-refractivity contribution < 1.29 is 13.5 Å². The predicted molar refractivity (Wildman–Crippen MR) is 94.6 cm³/mol. The van der Waals surface area contributed by atoms with Gasteiger partial charge in [-0.2, -0.15) is 0 Å². The fourth-order valence-electron chi connectivity index (χ4n) is 3.52. The lowest BCUT2D eigenvalue weighted by atomic mass is 10.0. The second kappa shape index (κ2) is 6.92. The molecule has 1 saturated heterocycles. The van der Waals surface area contributed by atoms with E-state index in [9.17, 15) is 9.18 Å². The summed E-state index contributed by atoms with van der Waals surface area (Å²) in [5, 5.41) is 0. The number of imidazole rings is 1. The maximum absolute atomic E-state index is 13.4. The molecule has 0 bridgehead atoms. The van der Waals surface area contributed by atoms with E-state index >= 15 is 0 Å². The van der Waals surface area contributed by atoms with Crippen LogP contribution in [-0.4, -0.2) is 28.5 Å². The molecule has 1 fully saturated rings. The molecule has 0 saturated carbocycles. The number of hydrogen-bond donors (Lipinski definition) is 1. The Morgan fingerprint density at radius 2 is 2.27 bits per heavy atom. The van der Waals surface area contributed by atoms with Crippen LogP contribution >= 0.6 is 0 Å². The van der Waals surface area contributed by atoms with Gasteiger partial charge in [-0.3, -0.25) is 9.69 Å². The first kappa shape index (κ1) is 16.8. The number of halogens is 1. The summed E-state index contributed by atoms with van der Waals surface area (Å²) >= 11 is 0. The molecule has 3 heterocycles. The van der Waals surface area contributed by atoms with Crippen LogP contribution in [0.1, 0.15) is 36.9 Å². The molecule has 1 aliphatic rings. The lowest BCUT2D eigenvalue weighted by Gasteiger charge is -2.33. The molecule has 136 valence electrons. The van der Waals surface area contributed by atoms with Crippen LogP contribution in [0.5, 0.6) is 5.75 Å². The molecule has 2 aromatic heterocycles. The highest BCUT2D eigenvalue weighted by molar-refractivity contribution is 5.75. The highest BCUT2D eigenvalue weighted by atomic mass is 19.1. The molecule has 0 spiro atoms. The molecule has 0 radical (unpaired) electrons. The van der Waals surface area contributed by atoms with Crippen molar-refractivity contribution in [3.05, 3.63) is 58.2 Å². The van der Waals surface area contributed by atoms with E-state index in [4.69, 9.17) is 9.15 Å². The number of nitrogens with zero attached hydrogens (tertiary/aromatic N) is 2. The topological polar surface area (TPSA) is 71.4 Å². The van der Waals surface area contributed by atoms with Crippen molar-refractivity contribution in [2.24, 2.45) is 0 Å². The van der Waals surface area contributed by atoms with Gasteiger partial charge < -0.3 is 14.1 Å². The molecule has 6 nitrogen and oxygen atoms in total. The summed E-state index contributed by atoms with van der Waals surface area (Å²) in [6, 6.07) is 6.10. The number of likely N-dealkylation sites (tertiary alicyclic amines) is 1. The Kier molecular flexibility index (Phi) is 4.46. The molecular formula is C19H20FN3O3. The van der Waals surface area contributed by atoms with Gasteiger partial charge in [-0.25, -0.2) is 9.37 Å². The van der Waals surface area contributed by atoms with Crippen molar-refractivity contribution in [1.82, 2.24) is 14.9 Å². The van der Waals surface area contributed by atoms with Crippen LogP contribution in [0.4, 0.5) is 4.39 Å². The monoisotopic (exact) mass is 357 g/mol. The minimum Gasteiger partial charge on any atom is -0.490 e. The number of benzene rings is 1. The number of piperidine rings is 1. The molecule has 1 aromatic carbocycles. The number of nitrogens with one attached hydrogen (secondary N) is 1.